The van der Waals surface area contributed by atoms with Gasteiger partial charge in [0.15, 0.2) is 0 Å². The van der Waals surface area contributed by atoms with Gasteiger partial charge < -0.3 is 0 Å². The van der Waals surface area contributed by atoms with Gasteiger partial charge in [-0.1, -0.05) is 0 Å². The van der Waals surface area contributed by atoms with Crippen LogP contribution < -0.4 is 0 Å². The van der Waals surface area contributed by atoms with Crippen molar-refractivity contribution in [3.05, 3.63) is 29.5 Å². The number of nitriles is 1. The van der Waals surface area contributed by atoms with Crippen molar-refractivity contribution in [2.75, 3.05) is 0 Å². The lowest BCUT2D eigenvalue weighted by Gasteiger charge is -1.94. The van der Waals surface area contributed by atoms with Gasteiger partial charge >= 0.3 is 0 Å². The molecule has 1 N–H and O–H groups in total. The van der Waals surface area contributed by atoms with Crippen LogP contribution in [0.1, 0.15) is 11.1 Å². The fraction of sp³-hybridized carbons (Fsp3) is 0.111. The Labute approximate surface area is 69.6 Å². The summed E-state index contributed by atoms with van der Waals surface area (Å²) in [5.41, 5.74) is 2.56. The van der Waals surface area contributed by atoms with Crippen LogP contribution in [-0.4, -0.2) is 10.2 Å². The van der Waals surface area contributed by atoms with Gasteiger partial charge in [-0.05, 0) is 24.6 Å². The molecule has 2 aromatic rings. The fourth-order valence-electron chi connectivity index (χ4n) is 1.30. The van der Waals surface area contributed by atoms with Crippen LogP contribution in [0.15, 0.2) is 18.3 Å². The highest BCUT2D eigenvalue weighted by molar-refractivity contribution is 5.84. The third kappa shape index (κ3) is 0.857. The molecule has 0 fully saturated rings. The van der Waals surface area contributed by atoms with Crippen LogP contribution in [0.2, 0.25) is 0 Å². The van der Waals surface area contributed by atoms with Crippen LogP contribution in [0.4, 0.5) is 0 Å². The Balaban J connectivity index is 2.91. The summed E-state index contributed by atoms with van der Waals surface area (Å²) in [7, 11) is 0. The molecule has 0 saturated heterocycles. The first-order chi connectivity index (χ1) is 5.81. The Hall–Kier alpha value is -1.82. The molecule has 0 aliphatic heterocycles. The monoisotopic (exact) mass is 157 g/mol. The largest absolute Gasteiger partial charge is 0.276 e. The van der Waals surface area contributed by atoms with Crippen molar-refractivity contribution < 1.29 is 0 Å². The highest BCUT2D eigenvalue weighted by atomic mass is 15.1. The number of aryl methyl sites for hydroxylation is 1. The third-order valence-corrected chi connectivity index (χ3v) is 1.81. The van der Waals surface area contributed by atoms with Crippen LogP contribution in [0.25, 0.3) is 10.9 Å². The maximum atomic E-state index is 8.78. The summed E-state index contributed by atoms with van der Waals surface area (Å²) in [5, 5.41) is 16.4. The van der Waals surface area contributed by atoms with Gasteiger partial charge in [0.05, 0.1) is 17.3 Å². The molecule has 1 heterocycles. The van der Waals surface area contributed by atoms with Gasteiger partial charge in [-0.25, -0.2) is 0 Å². The summed E-state index contributed by atoms with van der Waals surface area (Å²) < 4.78 is 0. The van der Waals surface area contributed by atoms with E-state index in [-0.39, 0.29) is 0 Å². The van der Waals surface area contributed by atoms with E-state index in [1.165, 1.54) is 0 Å². The molecule has 0 spiro atoms. The molecule has 58 valence electrons. The Kier molecular flexibility index (Phi) is 1.34. The van der Waals surface area contributed by atoms with Gasteiger partial charge in [-0.2, -0.15) is 10.4 Å². The summed E-state index contributed by atoms with van der Waals surface area (Å²) in [6.07, 6.45) is 1.73. The molecule has 0 amide bonds. The third-order valence-electron chi connectivity index (χ3n) is 1.81. The van der Waals surface area contributed by atoms with E-state index in [0.717, 1.165) is 16.5 Å². The number of hydrogen-bond acceptors (Lipinski definition) is 2. The van der Waals surface area contributed by atoms with E-state index in [9.17, 15) is 0 Å². The fourth-order valence-corrected chi connectivity index (χ4v) is 1.30. The number of rotatable bonds is 0. The molecule has 0 unspecified atom stereocenters. The van der Waals surface area contributed by atoms with Crippen LogP contribution in [0, 0.1) is 18.3 Å². The molecule has 0 saturated carbocycles. The number of benzene rings is 1. The predicted molar refractivity (Wildman–Crippen MR) is 45.5 cm³/mol. The van der Waals surface area contributed by atoms with Crippen molar-refractivity contribution in [1.29, 1.82) is 5.26 Å². The quantitative estimate of drug-likeness (QED) is 0.633. The molecular formula is C9H7N3. The molecule has 0 bridgehead atoms. The van der Waals surface area contributed by atoms with Gasteiger partial charge in [0.2, 0.25) is 0 Å². The molecule has 3 nitrogen and oxygen atoms in total. The zero-order valence-corrected chi connectivity index (χ0v) is 6.63. The minimum Gasteiger partial charge on any atom is -0.276 e. The van der Waals surface area contributed by atoms with E-state index < -0.39 is 0 Å². The summed E-state index contributed by atoms with van der Waals surface area (Å²) in [5.74, 6) is 0. The molecule has 1 aromatic heterocycles. The van der Waals surface area contributed by atoms with Gasteiger partial charge in [0.1, 0.15) is 6.07 Å². The lowest BCUT2D eigenvalue weighted by atomic mass is 10.1. The number of nitrogens with zero attached hydrogens (tertiary/aromatic N) is 2. The van der Waals surface area contributed by atoms with Crippen molar-refractivity contribution in [1.82, 2.24) is 10.2 Å². The molecule has 0 aliphatic carbocycles. The Bertz CT molecular complexity index is 462. The van der Waals surface area contributed by atoms with Crippen molar-refractivity contribution in [2.45, 2.75) is 6.92 Å². The molecule has 12 heavy (non-hydrogen) atoms. The Morgan fingerprint density at radius 1 is 1.50 bits per heavy atom. The second-order valence-corrected chi connectivity index (χ2v) is 2.76. The summed E-state index contributed by atoms with van der Waals surface area (Å²) in [6, 6.07) is 5.97. The number of aromatic nitrogens is 2. The number of aromatic amines is 1. The molecule has 2 rings (SSSR count). The first-order valence-electron chi connectivity index (χ1n) is 3.65. The average Bonchev–Trinajstić information content (AvgIpc) is 2.50. The van der Waals surface area contributed by atoms with Crippen LogP contribution in [0.5, 0.6) is 0 Å². The first-order valence-corrected chi connectivity index (χ1v) is 3.65. The van der Waals surface area contributed by atoms with Crippen molar-refractivity contribution in [2.24, 2.45) is 0 Å². The van der Waals surface area contributed by atoms with Gasteiger partial charge in [-0.3, -0.25) is 5.10 Å². The molecule has 0 radical (unpaired) electrons. The smallest absolute Gasteiger partial charge is 0.101 e. The van der Waals surface area contributed by atoms with E-state index in [1.807, 2.05) is 19.1 Å². The zero-order valence-electron chi connectivity index (χ0n) is 6.63. The molecular weight excluding hydrogens is 150 g/mol. The standard InChI is InChI=1S/C9H7N3/c1-6-2-7(4-10)9-8(3-6)5-11-12-9/h2-3,5H,1H3,(H,11,12). The van der Waals surface area contributed by atoms with Crippen molar-refractivity contribution >= 4 is 10.9 Å². The second kappa shape index (κ2) is 2.35. The van der Waals surface area contributed by atoms with Crippen molar-refractivity contribution in [3.63, 3.8) is 0 Å². The minimum atomic E-state index is 0.655. The first kappa shape index (κ1) is 6.86. The molecule has 0 atom stereocenters. The minimum absolute atomic E-state index is 0.655. The number of hydrogen-bond donors (Lipinski definition) is 1. The number of nitrogens with one attached hydrogen (secondary N) is 1. The average molecular weight is 157 g/mol. The van der Waals surface area contributed by atoms with Crippen molar-refractivity contribution in [3.8, 4) is 6.07 Å². The Morgan fingerprint density at radius 2 is 2.33 bits per heavy atom. The van der Waals surface area contributed by atoms with Gasteiger partial charge in [-0.15, -0.1) is 0 Å². The molecule has 1 aromatic carbocycles. The van der Waals surface area contributed by atoms with E-state index in [0.29, 0.717) is 5.56 Å². The highest BCUT2D eigenvalue weighted by Crippen LogP contribution is 2.17. The van der Waals surface area contributed by atoms with Crippen LogP contribution >= 0.6 is 0 Å². The maximum Gasteiger partial charge on any atom is 0.101 e. The number of H-pyrrole nitrogens is 1. The predicted octanol–water partition coefficient (Wildman–Crippen LogP) is 1.74. The summed E-state index contributed by atoms with van der Waals surface area (Å²) in [6.45, 7) is 1.97. The summed E-state index contributed by atoms with van der Waals surface area (Å²) in [4.78, 5) is 0. The van der Waals surface area contributed by atoms with E-state index in [2.05, 4.69) is 16.3 Å². The maximum absolute atomic E-state index is 8.78. The van der Waals surface area contributed by atoms with Gasteiger partial charge in [0, 0.05) is 5.39 Å². The molecule has 3 heteroatoms. The molecule has 0 aliphatic rings. The normalized spacial score (nSPS) is 10.0. The lowest BCUT2D eigenvalue weighted by molar-refractivity contribution is 1.12. The SMILES string of the molecule is Cc1cc(C#N)c2[nH]ncc2c1. The summed E-state index contributed by atoms with van der Waals surface area (Å²) >= 11 is 0. The van der Waals surface area contributed by atoms with Crippen LogP contribution in [-0.2, 0) is 0 Å². The van der Waals surface area contributed by atoms with E-state index in [1.54, 1.807) is 6.20 Å². The van der Waals surface area contributed by atoms with Gasteiger partial charge in [0.25, 0.3) is 0 Å². The van der Waals surface area contributed by atoms with E-state index in [4.69, 9.17) is 5.26 Å². The van der Waals surface area contributed by atoms with Crippen LogP contribution in [0.3, 0.4) is 0 Å². The lowest BCUT2D eigenvalue weighted by Crippen LogP contribution is -1.80. The topological polar surface area (TPSA) is 52.5 Å². The van der Waals surface area contributed by atoms with E-state index >= 15 is 0 Å². The zero-order chi connectivity index (χ0) is 8.55. The second-order valence-electron chi connectivity index (χ2n) is 2.76. The highest BCUT2D eigenvalue weighted by Gasteiger charge is 2.02. The number of fused-ring (bicyclic) bond motifs is 1. The Morgan fingerprint density at radius 3 is 3.08 bits per heavy atom.